The van der Waals surface area contributed by atoms with Crippen molar-refractivity contribution in [2.75, 3.05) is 19.8 Å². The first kappa shape index (κ1) is 15.3. The first-order valence-corrected chi connectivity index (χ1v) is 7.44. The first-order valence-electron chi connectivity index (χ1n) is 7.44. The summed E-state index contributed by atoms with van der Waals surface area (Å²) in [7, 11) is 0. The van der Waals surface area contributed by atoms with E-state index in [2.05, 4.69) is 0 Å². The van der Waals surface area contributed by atoms with Gasteiger partial charge in [-0.3, -0.25) is 4.90 Å². The summed E-state index contributed by atoms with van der Waals surface area (Å²) < 4.78 is 11.0. The van der Waals surface area contributed by atoms with Crippen molar-refractivity contribution < 1.29 is 19.1 Å². The van der Waals surface area contributed by atoms with Crippen LogP contribution in [0.15, 0.2) is 0 Å². The van der Waals surface area contributed by atoms with Crippen LogP contribution in [0.4, 0.5) is 4.79 Å². The fourth-order valence-corrected chi connectivity index (χ4v) is 3.22. The third-order valence-corrected chi connectivity index (χ3v) is 4.15. The average molecular weight is 283 g/mol. The van der Waals surface area contributed by atoms with Crippen LogP contribution >= 0.6 is 0 Å². The van der Waals surface area contributed by atoms with Gasteiger partial charge in [-0.25, -0.2) is 4.79 Å². The zero-order valence-corrected chi connectivity index (χ0v) is 12.7. The molecular formula is C15H25NO4. The van der Waals surface area contributed by atoms with Gasteiger partial charge in [0.25, 0.3) is 0 Å². The van der Waals surface area contributed by atoms with Gasteiger partial charge in [-0.05, 0) is 46.5 Å². The molecule has 2 unspecified atom stereocenters. The molecule has 2 saturated heterocycles. The maximum atomic E-state index is 12.4. The van der Waals surface area contributed by atoms with E-state index in [1.54, 1.807) is 4.90 Å². The van der Waals surface area contributed by atoms with E-state index in [-0.39, 0.29) is 12.0 Å². The molecule has 0 aliphatic carbocycles. The molecule has 2 heterocycles. The van der Waals surface area contributed by atoms with Crippen molar-refractivity contribution in [1.82, 2.24) is 4.90 Å². The van der Waals surface area contributed by atoms with Gasteiger partial charge in [0.2, 0.25) is 0 Å². The minimum atomic E-state index is -0.733. The lowest BCUT2D eigenvalue weighted by Crippen LogP contribution is -2.56. The Bertz CT molecular complexity index is 371. The van der Waals surface area contributed by atoms with Crippen LogP contribution in [0.2, 0.25) is 0 Å². The van der Waals surface area contributed by atoms with E-state index >= 15 is 0 Å². The molecule has 1 amide bonds. The highest BCUT2D eigenvalue weighted by Crippen LogP contribution is 2.39. The van der Waals surface area contributed by atoms with E-state index < -0.39 is 11.1 Å². The zero-order valence-electron chi connectivity index (χ0n) is 12.7. The summed E-state index contributed by atoms with van der Waals surface area (Å²) in [6.07, 6.45) is 4.00. The lowest BCUT2D eigenvalue weighted by Gasteiger charge is -2.42. The quantitative estimate of drug-likeness (QED) is 0.730. The van der Waals surface area contributed by atoms with E-state index in [0.717, 1.165) is 32.2 Å². The van der Waals surface area contributed by atoms with Crippen LogP contribution in [-0.4, -0.2) is 48.2 Å². The van der Waals surface area contributed by atoms with E-state index in [4.69, 9.17) is 9.47 Å². The van der Waals surface area contributed by atoms with Crippen molar-refractivity contribution in [2.24, 2.45) is 5.92 Å². The number of likely N-dealkylation sites (tertiary alicyclic amines) is 1. The highest BCUT2D eigenvalue weighted by atomic mass is 16.6. The van der Waals surface area contributed by atoms with Crippen LogP contribution in [0.1, 0.15) is 46.5 Å². The van der Waals surface area contributed by atoms with E-state index in [1.165, 1.54) is 0 Å². The SMILES string of the molecule is CC(C)(C)OC(=O)N1CCCC1(C=O)C1CCCOC1. The Hall–Kier alpha value is -1.10. The van der Waals surface area contributed by atoms with Gasteiger partial charge in [0, 0.05) is 19.1 Å². The van der Waals surface area contributed by atoms with Gasteiger partial charge in [0.1, 0.15) is 17.4 Å². The van der Waals surface area contributed by atoms with Crippen LogP contribution < -0.4 is 0 Å². The predicted molar refractivity (Wildman–Crippen MR) is 74.5 cm³/mol. The Labute approximate surface area is 120 Å². The molecule has 0 aromatic heterocycles. The number of carbonyl (C=O) groups is 2. The number of rotatable bonds is 2. The average Bonchev–Trinajstić information content (AvgIpc) is 2.83. The molecule has 20 heavy (non-hydrogen) atoms. The van der Waals surface area contributed by atoms with Gasteiger partial charge in [-0.2, -0.15) is 0 Å². The molecule has 0 saturated carbocycles. The lowest BCUT2D eigenvalue weighted by molar-refractivity contribution is -0.124. The number of hydrogen-bond donors (Lipinski definition) is 0. The Morgan fingerprint density at radius 3 is 2.70 bits per heavy atom. The summed E-state index contributed by atoms with van der Waals surface area (Å²) in [5, 5.41) is 0. The third-order valence-electron chi connectivity index (χ3n) is 4.15. The molecule has 2 aliphatic heterocycles. The van der Waals surface area contributed by atoms with E-state index in [1.807, 2.05) is 20.8 Å². The van der Waals surface area contributed by atoms with Crippen LogP contribution in [0.5, 0.6) is 0 Å². The van der Waals surface area contributed by atoms with Gasteiger partial charge >= 0.3 is 6.09 Å². The van der Waals surface area contributed by atoms with Crippen LogP contribution in [0, 0.1) is 5.92 Å². The standard InChI is InChI=1S/C15H25NO4/c1-14(2,3)20-13(18)16-8-5-7-15(16,11-17)12-6-4-9-19-10-12/h11-12H,4-10H2,1-3H3. The van der Waals surface area contributed by atoms with Gasteiger partial charge < -0.3 is 14.3 Å². The molecule has 2 rings (SSSR count). The molecular weight excluding hydrogens is 258 g/mol. The number of ether oxygens (including phenoxy) is 2. The summed E-state index contributed by atoms with van der Waals surface area (Å²) in [5.74, 6) is 0.0868. The third kappa shape index (κ3) is 2.97. The van der Waals surface area contributed by atoms with Crippen molar-refractivity contribution in [3.8, 4) is 0 Å². The predicted octanol–water partition coefficient (Wildman–Crippen LogP) is 2.38. The van der Waals surface area contributed by atoms with E-state index in [0.29, 0.717) is 19.6 Å². The van der Waals surface area contributed by atoms with Gasteiger partial charge in [0.05, 0.1) is 6.61 Å². The van der Waals surface area contributed by atoms with Gasteiger partial charge in [-0.1, -0.05) is 0 Å². The summed E-state index contributed by atoms with van der Waals surface area (Å²) in [5.41, 5.74) is -1.28. The topological polar surface area (TPSA) is 55.8 Å². The van der Waals surface area contributed by atoms with Crippen LogP contribution in [0.25, 0.3) is 0 Å². The first-order chi connectivity index (χ1) is 9.39. The second-order valence-corrected chi connectivity index (χ2v) is 6.76. The smallest absolute Gasteiger partial charge is 0.411 e. The maximum Gasteiger partial charge on any atom is 0.411 e. The fraction of sp³-hybridized carbons (Fsp3) is 0.867. The molecule has 0 N–H and O–H groups in total. The Morgan fingerprint density at radius 2 is 2.15 bits per heavy atom. The normalized spacial score (nSPS) is 31.1. The lowest BCUT2D eigenvalue weighted by atomic mass is 9.79. The largest absolute Gasteiger partial charge is 0.444 e. The Kier molecular flexibility index (Phi) is 4.37. The summed E-state index contributed by atoms with van der Waals surface area (Å²) in [6.45, 7) is 7.41. The molecule has 5 heteroatoms. The highest BCUT2D eigenvalue weighted by Gasteiger charge is 2.50. The maximum absolute atomic E-state index is 12.4. The van der Waals surface area contributed by atoms with Crippen LogP contribution in [0.3, 0.4) is 0 Å². The Morgan fingerprint density at radius 1 is 1.40 bits per heavy atom. The van der Waals surface area contributed by atoms with Crippen molar-refractivity contribution in [3.05, 3.63) is 0 Å². The van der Waals surface area contributed by atoms with Gasteiger partial charge in [0.15, 0.2) is 0 Å². The second-order valence-electron chi connectivity index (χ2n) is 6.76. The molecule has 0 aromatic carbocycles. The van der Waals surface area contributed by atoms with Gasteiger partial charge in [-0.15, -0.1) is 0 Å². The molecule has 0 radical (unpaired) electrons. The molecule has 0 bridgehead atoms. The summed E-state index contributed by atoms with van der Waals surface area (Å²) in [6, 6.07) is 0. The minimum absolute atomic E-state index is 0.0868. The number of aldehydes is 1. The number of nitrogens with zero attached hydrogens (tertiary/aromatic N) is 1. The van der Waals surface area contributed by atoms with E-state index in [9.17, 15) is 9.59 Å². The monoisotopic (exact) mass is 283 g/mol. The number of hydrogen-bond acceptors (Lipinski definition) is 4. The molecule has 5 nitrogen and oxygen atoms in total. The molecule has 114 valence electrons. The second kappa shape index (κ2) is 5.72. The highest BCUT2D eigenvalue weighted by molar-refractivity contribution is 5.78. The summed E-state index contributed by atoms with van der Waals surface area (Å²) in [4.78, 5) is 25.8. The molecule has 2 aliphatic rings. The zero-order chi connectivity index (χ0) is 14.8. The molecule has 0 aromatic rings. The minimum Gasteiger partial charge on any atom is -0.444 e. The van der Waals surface area contributed by atoms with Crippen molar-refractivity contribution in [1.29, 1.82) is 0 Å². The molecule has 2 fully saturated rings. The number of amides is 1. The van der Waals surface area contributed by atoms with Crippen molar-refractivity contribution >= 4 is 12.4 Å². The molecule has 0 spiro atoms. The van der Waals surface area contributed by atoms with Crippen molar-refractivity contribution in [2.45, 2.75) is 57.6 Å². The summed E-state index contributed by atoms with van der Waals surface area (Å²) >= 11 is 0. The van der Waals surface area contributed by atoms with Crippen molar-refractivity contribution in [3.63, 3.8) is 0 Å². The fourth-order valence-electron chi connectivity index (χ4n) is 3.22. The molecule has 2 atom stereocenters. The van der Waals surface area contributed by atoms with Crippen LogP contribution in [-0.2, 0) is 14.3 Å². The Balaban J connectivity index is 2.17. The number of carbonyl (C=O) groups excluding carboxylic acids is 2.